The zero-order valence-electron chi connectivity index (χ0n) is 15.0. The predicted octanol–water partition coefficient (Wildman–Crippen LogP) is 3.73. The maximum atomic E-state index is 14.4. The lowest BCUT2D eigenvalue weighted by Gasteiger charge is -2.38. The van der Waals surface area contributed by atoms with Crippen molar-refractivity contribution < 1.29 is 18.6 Å². The van der Waals surface area contributed by atoms with Gasteiger partial charge < -0.3 is 14.2 Å². The molecular formula is C21H24FNO3. The largest absolute Gasteiger partial charge is 0.492 e. The van der Waals surface area contributed by atoms with Crippen LogP contribution in [0.1, 0.15) is 24.0 Å². The van der Waals surface area contributed by atoms with Crippen LogP contribution in [-0.4, -0.2) is 38.5 Å². The molecule has 4 nitrogen and oxygen atoms in total. The highest BCUT2D eigenvalue weighted by Crippen LogP contribution is 2.47. The fourth-order valence-corrected chi connectivity index (χ4v) is 3.99. The van der Waals surface area contributed by atoms with Gasteiger partial charge in [-0.3, -0.25) is 4.90 Å². The van der Waals surface area contributed by atoms with Gasteiger partial charge in [-0.25, -0.2) is 4.39 Å². The van der Waals surface area contributed by atoms with Gasteiger partial charge in [-0.1, -0.05) is 30.3 Å². The van der Waals surface area contributed by atoms with E-state index in [1.54, 1.807) is 12.1 Å². The minimum Gasteiger partial charge on any atom is -0.492 e. The first-order chi connectivity index (χ1) is 12.7. The van der Waals surface area contributed by atoms with Gasteiger partial charge in [0.2, 0.25) is 0 Å². The lowest BCUT2D eigenvalue weighted by molar-refractivity contribution is 0.0481. The molecule has 2 heterocycles. The van der Waals surface area contributed by atoms with Crippen molar-refractivity contribution in [1.29, 1.82) is 0 Å². The third-order valence-corrected chi connectivity index (χ3v) is 5.50. The van der Waals surface area contributed by atoms with E-state index in [9.17, 15) is 4.39 Å². The van der Waals surface area contributed by atoms with E-state index in [0.717, 1.165) is 43.8 Å². The topological polar surface area (TPSA) is 30.9 Å². The molecule has 0 saturated carbocycles. The summed E-state index contributed by atoms with van der Waals surface area (Å²) in [5.41, 5.74) is 2.24. The number of fused-ring (bicyclic) bond motifs is 2. The van der Waals surface area contributed by atoms with Crippen molar-refractivity contribution >= 4 is 0 Å². The zero-order chi connectivity index (χ0) is 18.0. The van der Waals surface area contributed by atoms with Gasteiger partial charge in [-0.15, -0.1) is 0 Å². The Morgan fingerprint density at radius 3 is 2.65 bits per heavy atom. The minimum atomic E-state index is -0.350. The molecule has 2 aliphatic rings. The van der Waals surface area contributed by atoms with E-state index in [0.29, 0.717) is 6.61 Å². The number of hydrogen-bond acceptors (Lipinski definition) is 4. The number of rotatable bonds is 5. The van der Waals surface area contributed by atoms with Crippen molar-refractivity contribution in [3.8, 4) is 11.5 Å². The maximum absolute atomic E-state index is 14.4. The third kappa shape index (κ3) is 3.29. The number of benzene rings is 2. The second-order valence-electron chi connectivity index (χ2n) is 7.16. The molecule has 0 bridgehead atoms. The monoisotopic (exact) mass is 357 g/mol. The number of likely N-dealkylation sites (tertiary alicyclic amines) is 1. The number of halogens is 1. The van der Waals surface area contributed by atoms with Crippen LogP contribution in [0.25, 0.3) is 0 Å². The average Bonchev–Trinajstić information content (AvgIpc) is 3.00. The van der Waals surface area contributed by atoms with Crippen LogP contribution in [0.5, 0.6) is 11.5 Å². The predicted molar refractivity (Wildman–Crippen MR) is 97.0 cm³/mol. The highest BCUT2D eigenvalue weighted by Gasteiger charge is 2.43. The van der Waals surface area contributed by atoms with Gasteiger partial charge in [0.1, 0.15) is 5.75 Å². The number of nitrogens with zero attached hydrogens (tertiary/aromatic N) is 1. The summed E-state index contributed by atoms with van der Waals surface area (Å²) >= 11 is 0. The molecule has 2 aromatic rings. The molecule has 0 unspecified atom stereocenters. The van der Waals surface area contributed by atoms with Crippen molar-refractivity contribution in [2.75, 3.05) is 33.6 Å². The van der Waals surface area contributed by atoms with Gasteiger partial charge in [0, 0.05) is 30.7 Å². The first-order valence-electron chi connectivity index (χ1n) is 9.05. The van der Waals surface area contributed by atoms with Gasteiger partial charge in [0.25, 0.3) is 0 Å². The van der Waals surface area contributed by atoms with Crippen LogP contribution >= 0.6 is 0 Å². The molecule has 2 aromatic carbocycles. The quantitative estimate of drug-likeness (QED) is 0.763. The Hall–Kier alpha value is -2.11. The molecule has 5 heteroatoms. The summed E-state index contributed by atoms with van der Waals surface area (Å²) in [6.07, 6.45) is 1.95. The first kappa shape index (κ1) is 17.3. The summed E-state index contributed by atoms with van der Waals surface area (Å²) in [7, 11) is 1.51. The number of ether oxygens (including phenoxy) is 3. The molecule has 1 saturated heterocycles. The van der Waals surface area contributed by atoms with E-state index in [1.165, 1.54) is 12.7 Å². The fourth-order valence-electron chi connectivity index (χ4n) is 3.99. The highest BCUT2D eigenvalue weighted by atomic mass is 19.1. The van der Waals surface area contributed by atoms with Gasteiger partial charge in [-0.05, 0) is 37.6 Å². The number of methoxy groups -OCH3 is 1. The second kappa shape index (κ2) is 7.25. The molecule has 0 N–H and O–H groups in total. The van der Waals surface area contributed by atoms with Crippen LogP contribution in [0.4, 0.5) is 4.39 Å². The standard InChI is InChI=1S/C21H24FNO3/c1-24-15-26-20-12-19-17(11-18(20)22)21(14-25-19)7-9-23(10-8-21)13-16-5-3-2-4-6-16/h2-6,11-12H,7-10,13-15H2,1H3. The second-order valence-corrected chi connectivity index (χ2v) is 7.16. The Morgan fingerprint density at radius 2 is 1.92 bits per heavy atom. The summed E-state index contributed by atoms with van der Waals surface area (Å²) in [5, 5.41) is 0. The molecule has 0 radical (unpaired) electrons. The fraction of sp³-hybridized carbons (Fsp3) is 0.429. The molecule has 2 aliphatic heterocycles. The van der Waals surface area contributed by atoms with E-state index in [-0.39, 0.29) is 23.8 Å². The van der Waals surface area contributed by atoms with Crippen molar-refractivity contribution in [3.05, 3.63) is 59.4 Å². The third-order valence-electron chi connectivity index (χ3n) is 5.50. The SMILES string of the molecule is COCOc1cc2c(cc1F)C1(CCN(Cc3ccccc3)CC1)CO2. The Labute approximate surface area is 153 Å². The molecule has 1 spiro atoms. The molecule has 138 valence electrons. The van der Waals surface area contributed by atoms with Crippen LogP contribution < -0.4 is 9.47 Å². The van der Waals surface area contributed by atoms with Crippen molar-refractivity contribution in [3.63, 3.8) is 0 Å². The van der Waals surface area contributed by atoms with Gasteiger partial charge in [0.05, 0.1) is 6.61 Å². The minimum absolute atomic E-state index is 0.0231. The lowest BCUT2D eigenvalue weighted by Crippen LogP contribution is -2.43. The first-order valence-corrected chi connectivity index (χ1v) is 9.05. The molecular weight excluding hydrogens is 333 g/mol. The summed E-state index contributed by atoms with van der Waals surface area (Å²) in [5.74, 6) is 0.579. The van der Waals surface area contributed by atoms with Gasteiger partial charge in [0.15, 0.2) is 18.4 Å². The van der Waals surface area contributed by atoms with Crippen molar-refractivity contribution in [2.24, 2.45) is 0 Å². The summed E-state index contributed by atoms with van der Waals surface area (Å²) in [6, 6.07) is 13.8. The van der Waals surface area contributed by atoms with E-state index in [4.69, 9.17) is 14.2 Å². The number of piperidine rings is 1. The molecule has 0 aliphatic carbocycles. The molecule has 1 fully saturated rings. The van der Waals surface area contributed by atoms with Crippen molar-refractivity contribution in [1.82, 2.24) is 4.90 Å². The Balaban J connectivity index is 1.46. The van der Waals surface area contributed by atoms with E-state index >= 15 is 0 Å². The molecule has 4 rings (SSSR count). The van der Waals surface area contributed by atoms with E-state index in [2.05, 4.69) is 29.2 Å². The Morgan fingerprint density at radius 1 is 1.15 bits per heavy atom. The van der Waals surface area contributed by atoms with E-state index in [1.807, 2.05) is 6.07 Å². The molecule has 0 amide bonds. The van der Waals surface area contributed by atoms with E-state index < -0.39 is 0 Å². The van der Waals surface area contributed by atoms with Crippen LogP contribution in [0.15, 0.2) is 42.5 Å². The Bertz CT molecular complexity index is 757. The van der Waals surface area contributed by atoms with Gasteiger partial charge >= 0.3 is 0 Å². The lowest BCUT2D eigenvalue weighted by atomic mass is 9.74. The zero-order valence-corrected chi connectivity index (χ0v) is 15.0. The smallest absolute Gasteiger partial charge is 0.188 e. The van der Waals surface area contributed by atoms with Crippen LogP contribution in [-0.2, 0) is 16.7 Å². The van der Waals surface area contributed by atoms with Gasteiger partial charge in [-0.2, -0.15) is 0 Å². The van der Waals surface area contributed by atoms with Crippen LogP contribution in [0, 0.1) is 5.82 Å². The Kier molecular flexibility index (Phi) is 4.83. The van der Waals surface area contributed by atoms with Crippen LogP contribution in [0.2, 0.25) is 0 Å². The van der Waals surface area contributed by atoms with Crippen LogP contribution in [0.3, 0.4) is 0 Å². The van der Waals surface area contributed by atoms with Crippen molar-refractivity contribution in [2.45, 2.75) is 24.8 Å². The number of hydrogen-bond donors (Lipinski definition) is 0. The molecule has 0 aromatic heterocycles. The maximum Gasteiger partial charge on any atom is 0.188 e. The molecule has 26 heavy (non-hydrogen) atoms. The summed E-state index contributed by atoms with van der Waals surface area (Å²) in [6.45, 7) is 3.58. The summed E-state index contributed by atoms with van der Waals surface area (Å²) in [4.78, 5) is 2.46. The molecule has 0 atom stereocenters. The highest BCUT2D eigenvalue weighted by molar-refractivity contribution is 5.49. The normalized spacial score (nSPS) is 18.5. The summed E-state index contributed by atoms with van der Waals surface area (Å²) < 4.78 is 30.5. The average molecular weight is 357 g/mol.